The highest BCUT2D eigenvalue weighted by atomic mass is 79.9. The van der Waals surface area contributed by atoms with Gasteiger partial charge >= 0.3 is 0 Å². The standard InChI is InChI=1S/C20H16BrClN4O/c1-11-18(12-3-5-14(21)6-4-12)19(26(2)25-11)24-20(27)17-10-13-9-15(22)7-8-16(13)23-17/h3-10,23H,1-2H3,(H,24,27). The number of fused-ring (bicyclic) bond motifs is 1. The monoisotopic (exact) mass is 442 g/mol. The fraction of sp³-hybridized carbons (Fsp3) is 0.100. The average Bonchev–Trinajstić information content (AvgIpc) is 3.16. The Labute approximate surface area is 169 Å². The molecule has 0 aliphatic rings. The van der Waals surface area contributed by atoms with Crippen LogP contribution in [-0.4, -0.2) is 20.7 Å². The van der Waals surface area contributed by atoms with Gasteiger partial charge in [-0.05, 0) is 48.9 Å². The molecule has 0 saturated heterocycles. The fourth-order valence-electron chi connectivity index (χ4n) is 3.16. The van der Waals surface area contributed by atoms with Gasteiger partial charge in [0.15, 0.2) is 0 Å². The maximum Gasteiger partial charge on any atom is 0.273 e. The van der Waals surface area contributed by atoms with Gasteiger partial charge in [0.1, 0.15) is 11.5 Å². The summed E-state index contributed by atoms with van der Waals surface area (Å²) in [6, 6.07) is 15.2. The third-order valence-corrected chi connectivity index (χ3v) is 5.18. The van der Waals surface area contributed by atoms with E-state index in [9.17, 15) is 4.79 Å². The molecule has 7 heteroatoms. The quantitative estimate of drug-likeness (QED) is 0.436. The first-order chi connectivity index (χ1) is 12.9. The number of hydrogen-bond acceptors (Lipinski definition) is 2. The van der Waals surface area contributed by atoms with Crippen LogP contribution in [0.4, 0.5) is 5.82 Å². The van der Waals surface area contributed by atoms with Gasteiger partial charge in [0.25, 0.3) is 5.91 Å². The second-order valence-electron chi connectivity index (χ2n) is 6.31. The molecule has 4 rings (SSSR count). The van der Waals surface area contributed by atoms with E-state index in [0.717, 1.165) is 32.2 Å². The average molecular weight is 444 g/mol. The van der Waals surface area contributed by atoms with E-state index in [1.807, 2.05) is 50.4 Å². The number of anilines is 1. The first-order valence-corrected chi connectivity index (χ1v) is 9.48. The lowest BCUT2D eigenvalue weighted by molar-refractivity contribution is 0.102. The van der Waals surface area contributed by atoms with E-state index in [-0.39, 0.29) is 5.91 Å². The number of carbonyl (C=O) groups excluding carboxylic acids is 1. The second kappa shape index (κ2) is 6.87. The van der Waals surface area contributed by atoms with Crippen molar-refractivity contribution in [1.82, 2.24) is 14.8 Å². The van der Waals surface area contributed by atoms with E-state index in [0.29, 0.717) is 16.5 Å². The summed E-state index contributed by atoms with van der Waals surface area (Å²) in [5, 5.41) is 8.99. The Balaban J connectivity index is 1.71. The fourth-order valence-corrected chi connectivity index (χ4v) is 3.61. The Hall–Kier alpha value is -2.57. The van der Waals surface area contributed by atoms with Crippen LogP contribution in [0.1, 0.15) is 16.2 Å². The molecule has 136 valence electrons. The Bertz CT molecular complexity index is 1160. The number of halogens is 2. The third kappa shape index (κ3) is 3.38. The van der Waals surface area contributed by atoms with E-state index >= 15 is 0 Å². The number of aromatic nitrogens is 3. The van der Waals surface area contributed by atoms with Gasteiger partial charge in [0.2, 0.25) is 0 Å². The Morgan fingerprint density at radius 2 is 1.93 bits per heavy atom. The molecule has 5 nitrogen and oxygen atoms in total. The van der Waals surface area contributed by atoms with Crippen molar-refractivity contribution >= 4 is 50.2 Å². The van der Waals surface area contributed by atoms with Crippen LogP contribution in [0.5, 0.6) is 0 Å². The maximum atomic E-state index is 12.8. The lowest BCUT2D eigenvalue weighted by atomic mass is 10.1. The number of amides is 1. The van der Waals surface area contributed by atoms with Crippen molar-refractivity contribution in [1.29, 1.82) is 0 Å². The summed E-state index contributed by atoms with van der Waals surface area (Å²) in [5.41, 5.74) is 4.06. The van der Waals surface area contributed by atoms with Gasteiger partial charge in [-0.3, -0.25) is 9.48 Å². The van der Waals surface area contributed by atoms with Crippen molar-refractivity contribution in [3.05, 3.63) is 69.4 Å². The zero-order valence-corrected chi connectivity index (χ0v) is 17.0. The number of benzene rings is 2. The predicted octanol–water partition coefficient (Wildman–Crippen LogP) is 5.55. The number of carbonyl (C=O) groups is 1. The van der Waals surface area contributed by atoms with Crippen LogP contribution in [0.15, 0.2) is 53.0 Å². The summed E-state index contributed by atoms with van der Waals surface area (Å²) in [7, 11) is 1.82. The molecule has 2 aromatic carbocycles. The summed E-state index contributed by atoms with van der Waals surface area (Å²) >= 11 is 9.48. The summed E-state index contributed by atoms with van der Waals surface area (Å²) in [6.07, 6.45) is 0. The first-order valence-electron chi connectivity index (χ1n) is 8.31. The van der Waals surface area contributed by atoms with Crippen LogP contribution in [0.3, 0.4) is 0 Å². The van der Waals surface area contributed by atoms with Gasteiger partial charge in [-0.15, -0.1) is 0 Å². The lowest BCUT2D eigenvalue weighted by Gasteiger charge is -2.08. The second-order valence-corrected chi connectivity index (χ2v) is 7.66. The minimum Gasteiger partial charge on any atom is -0.351 e. The third-order valence-electron chi connectivity index (χ3n) is 4.41. The number of nitrogens with one attached hydrogen (secondary N) is 2. The van der Waals surface area contributed by atoms with Crippen molar-refractivity contribution in [3.63, 3.8) is 0 Å². The molecule has 2 heterocycles. The van der Waals surface area contributed by atoms with Crippen LogP contribution < -0.4 is 5.32 Å². The van der Waals surface area contributed by atoms with Crippen molar-refractivity contribution < 1.29 is 4.79 Å². The highest BCUT2D eigenvalue weighted by molar-refractivity contribution is 9.10. The van der Waals surface area contributed by atoms with E-state index in [4.69, 9.17) is 11.6 Å². The zero-order chi connectivity index (χ0) is 19.1. The molecule has 0 unspecified atom stereocenters. The number of aromatic amines is 1. The van der Waals surface area contributed by atoms with Gasteiger partial charge in [-0.25, -0.2) is 0 Å². The Kier molecular flexibility index (Phi) is 4.53. The summed E-state index contributed by atoms with van der Waals surface area (Å²) in [6.45, 7) is 1.93. The molecule has 0 bridgehead atoms. The zero-order valence-electron chi connectivity index (χ0n) is 14.7. The van der Waals surface area contributed by atoms with Crippen LogP contribution in [0.25, 0.3) is 22.0 Å². The molecule has 1 amide bonds. The molecular formula is C20H16BrClN4O. The number of hydrogen-bond donors (Lipinski definition) is 2. The first kappa shape index (κ1) is 17.8. The molecule has 4 aromatic rings. The number of rotatable bonds is 3. The minimum absolute atomic E-state index is 0.233. The number of nitrogens with zero attached hydrogens (tertiary/aromatic N) is 2. The van der Waals surface area contributed by atoms with Gasteiger partial charge in [-0.1, -0.05) is 39.7 Å². The Morgan fingerprint density at radius 1 is 1.19 bits per heavy atom. The predicted molar refractivity (Wildman–Crippen MR) is 112 cm³/mol. The van der Waals surface area contributed by atoms with Gasteiger partial charge in [0, 0.05) is 33.0 Å². The number of aryl methyl sites for hydroxylation is 2. The van der Waals surface area contributed by atoms with Crippen molar-refractivity contribution in [2.24, 2.45) is 7.05 Å². The van der Waals surface area contributed by atoms with Crippen LogP contribution in [0, 0.1) is 6.92 Å². The topological polar surface area (TPSA) is 62.7 Å². The molecule has 0 fully saturated rings. The molecule has 0 aliphatic carbocycles. The number of H-pyrrole nitrogens is 1. The molecule has 0 radical (unpaired) electrons. The molecule has 2 aromatic heterocycles. The molecule has 27 heavy (non-hydrogen) atoms. The minimum atomic E-state index is -0.233. The van der Waals surface area contributed by atoms with Crippen molar-refractivity contribution in [3.8, 4) is 11.1 Å². The highest BCUT2D eigenvalue weighted by Gasteiger charge is 2.19. The molecule has 0 atom stereocenters. The van der Waals surface area contributed by atoms with E-state index < -0.39 is 0 Å². The van der Waals surface area contributed by atoms with Gasteiger partial charge in [0.05, 0.1) is 5.69 Å². The van der Waals surface area contributed by atoms with E-state index in [1.165, 1.54) is 0 Å². The normalized spacial score (nSPS) is 11.1. The van der Waals surface area contributed by atoms with Gasteiger partial charge < -0.3 is 10.3 Å². The molecule has 0 aliphatic heterocycles. The summed E-state index contributed by atoms with van der Waals surface area (Å²) in [4.78, 5) is 16.0. The molecule has 2 N–H and O–H groups in total. The lowest BCUT2D eigenvalue weighted by Crippen LogP contribution is -2.15. The van der Waals surface area contributed by atoms with Gasteiger partial charge in [-0.2, -0.15) is 5.10 Å². The van der Waals surface area contributed by atoms with Crippen LogP contribution >= 0.6 is 27.5 Å². The molecule has 0 saturated carbocycles. The highest BCUT2D eigenvalue weighted by Crippen LogP contribution is 2.32. The Morgan fingerprint density at radius 3 is 2.67 bits per heavy atom. The molecular weight excluding hydrogens is 428 g/mol. The molecule has 0 spiro atoms. The van der Waals surface area contributed by atoms with E-state index in [1.54, 1.807) is 16.8 Å². The maximum absolute atomic E-state index is 12.8. The largest absolute Gasteiger partial charge is 0.351 e. The SMILES string of the molecule is Cc1nn(C)c(NC(=O)c2cc3cc(Cl)ccc3[nH]2)c1-c1ccc(Br)cc1. The van der Waals surface area contributed by atoms with Crippen LogP contribution in [0.2, 0.25) is 5.02 Å². The van der Waals surface area contributed by atoms with E-state index in [2.05, 4.69) is 31.3 Å². The summed E-state index contributed by atoms with van der Waals surface area (Å²) in [5.74, 6) is 0.417. The van der Waals surface area contributed by atoms with Crippen molar-refractivity contribution in [2.75, 3.05) is 5.32 Å². The smallest absolute Gasteiger partial charge is 0.273 e. The van der Waals surface area contributed by atoms with Crippen molar-refractivity contribution in [2.45, 2.75) is 6.92 Å². The summed E-state index contributed by atoms with van der Waals surface area (Å²) < 4.78 is 2.68. The van der Waals surface area contributed by atoms with Crippen LogP contribution in [-0.2, 0) is 7.05 Å².